The topological polar surface area (TPSA) is 75.7 Å². The highest BCUT2D eigenvalue weighted by atomic mass is 35.5. The minimum Gasteiger partial charge on any atom is -0.379 e. The first-order chi connectivity index (χ1) is 13.4. The zero-order valence-electron chi connectivity index (χ0n) is 15.7. The van der Waals surface area contributed by atoms with Crippen molar-refractivity contribution in [2.24, 2.45) is 0 Å². The second-order valence-electron chi connectivity index (χ2n) is 6.63. The Balaban J connectivity index is 1.71. The molecule has 1 amide bonds. The van der Waals surface area contributed by atoms with Gasteiger partial charge in [0.2, 0.25) is 15.9 Å². The number of hydrogen-bond acceptors (Lipinski definition) is 4. The maximum Gasteiger partial charge on any atom is 0.243 e. The number of carbonyl (C=O) groups excluding carboxylic acids is 1. The summed E-state index contributed by atoms with van der Waals surface area (Å²) in [6.07, 6.45) is 0.764. The van der Waals surface area contributed by atoms with Crippen LogP contribution >= 0.6 is 11.6 Å². The van der Waals surface area contributed by atoms with Gasteiger partial charge in [-0.05, 0) is 42.7 Å². The normalized spacial score (nSPS) is 15.4. The number of anilines is 1. The monoisotopic (exact) mass is 422 g/mol. The van der Waals surface area contributed by atoms with E-state index in [0.29, 0.717) is 43.4 Å². The van der Waals surface area contributed by atoms with E-state index in [-0.39, 0.29) is 17.2 Å². The summed E-state index contributed by atoms with van der Waals surface area (Å²) in [6.45, 7) is 3.26. The number of nitrogens with zero attached hydrogens (tertiary/aromatic N) is 1. The van der Waals surface area contributed by atoms with Gasteiger partial charge >= 0.3 is 0 Å². The van der Waals surface area contributed by atoms with Crippen molar-refractivity contribution in [2.75, 3.05) is 31.6 Å². The van der Waals surface area contributed by atoms with Crippen LogP contribution in [0.5, 0.6) is 0 Å². The summed E-state index contributed by atoms with van der Waals surface area (Å²) in [5.41, 5.74) is 2.20. The van der Waals surface area contributed by atoms with Crippen molar-refractivity contribution in [3.63, 3.8) is 0 Å². The molecule has 0 atom stereocenters. The molecule has 0 radical (unpaired) electrons. The number of morpholine rings is 1. The Morgan fingerprint density at radius 2 is 1.89 bits per heavy atom. The van der Waals surface area contributed by atoms with Gasteiger partial charge in [0.25, 0.3) is 0 Å². The van der Waals surface area contributed by atoms with E-state index in [9.17, 15) is 13.2 Å². The highest BCUT2D eigenvalue weighted by molar-refractivity contribution is 7.89. The molecule has 0 unspecified atom stereocenters. The first-order valence-corrected chi connectivity index (χ1v) is 10.9. The molecule has 1 fully saturated rings. The van der Waals surface area contributed by atoms with Crippen molar-refractivity contribution in [2.45, 2.75) is 24.7 Å². The van der Waals surface area contributed by atoms with Crippen LogP contribution in [-0.2, 0) is 26.0 Å². The van der Waals surface area contributed by atoms with E-state index in [1.807, 2.05) is 25.1 Å². The molecule has 1 heterocycles. The molecule has 2 aromatic rings. The molecule has 0 saturated carbocycles. The average Bonchev–Trinajstić information content (AvgIpc) is 2.69. The maximum absolute atomic E-state index is 12.8. The molecular weight excluding hydrogens is 400 g/mol. The van der Waals surface area contributed by atoms with E-state index in [1.165, 1.54) is 10.4 Å². The fourth-order valence-corrected chi connectivity index (χ4v) is 4.66. The van der Waals surface area contributed by atoms with Crippen LogP contribution in [0.3, 0.4) is 0 Å². The Labute approximate surface area is 170 Å². The van der Waals surface area contributed by atoms with Crippen LogP contribution in [0.25, 0.3) is 0 Å². The number of benzene rings is 2. The molecule has 0 aliphatic carbocycles. The number of rotatable bonds is 6. The van der Waals surface area contributed by atoms with Crippen LogP contribution < -0.4 is 5.32 Å². The molecule has 6 nitrogen and oxygen atoms in total. The van der Waals surface area contributed by atoms with Crippen molar-refractivity contribution in [1.82, 2.24) is 4.31 Å². The van der Waals surface area contributed by atoms with Gasteiger partial charge in [-0.15, -0.1) is 0 Å². The van der Waals surface area contributed by atoms with Gasteiger partial charge in [-0.2, -0.15) is 4.31 Å². The van der Waals surface area contributed by atoms with Gasteiger partial charge in [-0.1, -0.05) is 35.9 Å². The van der Waals surface area contributed by atoms with Crippen LogP contribution in [0.2, 0.25) is 5.02 Å². The number of nitrogens with one attached hydrogen (secondary N) is 1. The third kappa shape index (κ3) is 4.91. The Morgan fingerprint density at radius 3 is 2.61 bits per heavy atom. The molecule has 1 aliphatic heterocycles. The first-order valence-electron chi connectivity index (χ1n) is 9.10. The summed E-state index contributed by atoms with van der Waals surface area (Å²) in [6, 6.07) is 12.2. The number of amides is 1. The second kappa shape index (κ2) is 9.05. The van der Waals surface area contributed by atoms with Crippen molar-refractivity contribution in [3.05, 3.63) is 58.6 Å². The van der Waals surface area contributed by atoms with E-state index < -0.39 is 10.0 Å². The van der Waals surface area contributed by atoms with Crippen LogP contribution in [0, 0.1) is 6.92 Å². The van der Waals surface area contributed by atoms with Gasteiger partial charge in [-0.25, -0.2) is 8.42 Å². The zero-order chi connectivity index (χ0) is 20.1. The predicted molar refractivity (Wildman–Crippen MR) is 109 cm³/mol. The molecule has 2 aromatic carbocycles. The molecule has 0 spiro atoms. The van der Waals surface area contributed by atoms with Crippen LogP contribution in [0.15, 0.2) is 47.4 Å². The lowest BCUT2D eigenvalue weighted by molar-refractivity contribution is -0.116. The third-order valence-corrected chi connectivity index (χ3v) is 6.93. The molecule has 0 bridgehead atoms. The molecule has 1 saturated heterocycles. The number of aryl methyl sites for hydroxylation is 2. The lowest BCUT2D eigenvalue weighted by Gasteiger charge is -2.26. The quantitative estimate of drug-likeness (QED) is 0.775. The zero-order valence-corrected chi connectivity index (χ0v) is 17.2. The van der Waals surface area contributed by atoms with Gasteiger partial charge in [-0.3, -0.25) is 4.79 Å². The predicted octanol–water partition coefficient (Wildman–Crippen LogP) is 3.24. The highest BCUT2D eigenvalue weighted by Crippen LogP contribution is 2.24. The smallest absolute Gasteiger partial charge is 0.243 e. The summed E-state index contributed by atoms with van der Waals surface area (Å²) in [5.74, 6) is -0.191. The van der Waals surface area contributed by atoms with E-state index in [4.69, 9.17) is 16.3 Å². The molecule has 8 heteroatoms. The summed E-state index contributed by atoms with van der Waals surface area (Å²) in [7, 11) is -3.61. The van der Waals surface area contributed by atoms with Crippen molar-refractivity contribution in [1.29, 1.82) is 0 Å². The minimum atomic E-state index is -3.61. The number of halogens is 1. The van der Waals surface area contributed by atoms with Gasteiger partial charge in [0.15, 0.2) is 0 Å². The van der Waals surface area contributed by atoms with E-state index in [2.05, 4.69) is 5.32 Å². The second-order valence-corrected chi connectivity index (χ2v) is 8.98. The van der Waals surface area contributed by atoms with E-state index >= 15 is 0 Å². The highest BCUT2D eigenvalue weighted by Gasteiger charge is 2.26. The van der Waals surface area contributed by atoms with E-state index in [0.717, 1.165) is 11.1 Å². The Morgan fingerprint density at radius 1 is 1.18 bits per heavy atom. The molecule has 0 aromatic heterocycles. The summed E-state index contributed by atoms with van der Waals surface area (Å²) < 4.78 is 32.3. The molecule has 150 valence electrons. The standard InChI is InChI=1S/C20H23ClN2O4S/c1-15-6-8-17(28(25,26)23-10-12-27-13-11-23)14-19(15)22-20(24)9-7-16-4-2-3-5-18(16)21/h2-6,8,14H,7,9-13H2,1H3,(H,22,24). The van der Waals surface area contributed by atoms with Gasteiger partial charge in [0.1, 0.15) is 0 Å². The fraction of sp³-hybridized carbons (Fsp3) is 0.350. The van der Waals surface area contributed by atoms with Gasteiger partial charge < -0.3 is 10.1 Å². The minimum absolute atomic E-state index is 0.168. The molecule has 1 aliphatic rings. The molecular formula is C20H23ClN2O4S. The summed E-state index contributed by atoms with van der Waals surface area (Å²) in [5, 5.41) is 3.46. The summed E-state index contributed by atoms with van der Waals surface area (Å²) >= 11 is 6.13. The van der Waals surface area contributed by atoms with Crippen molar-refractivity contribution < 1.29 is 17.9 Å². The lowest BCUT2D eigenvalue weighted by Crippen LogP contribution is -2.40. The van der Waals surface area contributed by atoms with Gasteiger partial charge in [0, 0.05) is 30.2 Å². The van der Waals surface area contributed by atoms with Crippen LogP contribution in [-0.4, -0.2) is 44.9 Å². The van der Waals surface area contributed by atoms with E-state index in [1.54, 1.807) is 18.2 Å². The largest absolute Gasteiger partial charge is 0.379 e. The molecule has 28 heavy (non-hydrogen) atoms. The molecule has 3 rings (SSSR count). The average molecular weight is 423 g/mol. The Hall–Kier alpha value is -1.93. The van der Waals surface area contributed by atoms with Crippen LogP contribution in [0.1, 0.15) is 17.5 Å². The maximum atomic E-state index is 12.8. The lowest BCUT2D eigenvalue weighted by atomic mass is 10.1. The number of hydrogen-bond donors (Lipinski definition) is 1. The van der Waals surface area contributed by atoms with Gasteiger partial charge in [0.05, 0.1) is 18.1 Å². The SMILES string of the molecule is Cc1ccc(S(=O)(=O)N2CCOCC2)cc1NC(=O)CCc1ccccc1Cl. The summed E-state index contributed by atoms with van der Waals surface area (Å²) in [4.78, 5) is 12.5. The molecule has 1 N–H and O–H groups in total. The van der Waals surface area contributed by atoms with Crippen molar-refractivity contribution in [3.8, 4) is 0 Å². The third-order valence-electron chi connectivity index (χ3n) is 4.67. The fourth-order valence-electron chi connectivity index (χ4n) is 2.99. The van der Waals surface area contributed by atoms with Crippen LogP contribution in [0.4, 0.5) is 5.69 Å². The van der Waals surface area contributed by atoms with Crippen molar-refractivity contribution >= 4 is 33.2 Å². The Bertz CT molecular complexity index is 956. The first kappa shape index (κ1) is 20.8. The number of carbonyl (C=O) groups is 1. The Kier molecular flexibility index (Phi) is 6.72. The number of ether oxygens (including phenoxy) is 1. The number of sulfonamides is 1.